The summed E-state index contributed by atoms with van der Waals surface area (Å²) in [6, 6.07) is 3.95. The third kappa shape index (κ3) is 2.74. The number of rotatable bonds is 4. The summed E-state index contributed by atoms with van der Waals surface area (Å²) in [4.78, 5) is 11.1. The van der Waals surface area contributed by atoms with E-state index >= 15 is 0 Å². The Hall–Kier alpha value is -2.16. The van der Waals surface area contributed by atoms with E-state index in [1.165, 1.54) is 12.1 Å². The maximum atomic E-state index is 13.5. The zero-order valence-electron chi connectivity index (χ0n) is 10.1. The highest BCUT2D eigenvalue weighted by molar-refractivity contribution is 5.80. The molecule has 6 heteroatoms. The van der Waals surface area contributed by atoms with Crippen LogP contribution in [-0.4, -0.2) is 12.5 Å². The third-order valence-corrected chi connectivity index (χ3v) is 2.59. The molecule has 0 fully saturated rings. The van der Waals surface area contributed by atoms with Gasteiger partial charge in [0.15, 0.2) is 11.6 Å². The number of anilines is 1. The van der Waals surface area contributed by atoms with Crippen molar-refractivity contribution < 1.29 is 13.6 Å². The van der Waals surface area contributed by atoms with Crippen LogP contribution in [-0.2, 0) is 4.79 Å². The van der Waals surface area contributed by atoms with Gasteiger partial charge in [-0.1, -0.05) is 0 Å². The van der Waals surface area contributed by atoms with Crippen LogP contribution in [0.2, 0.25) is 0 Å². The van der Waals surface area contributed by atoms with Gasteiger partial charge in [-0.15, -0.1) is 0 Å². The molecule has 0 aliphatic carbocycles. The Bertz CT molecular complexity index is 521. The van der Waals surface area contributed by atoms with Crippen molar-refractivity contribution in [2.24, 2.45) is 11.1 Å². The standard InChI is InChI=1S/C12H13F2N3O/c1-12(2,11(16)18)6-17-8-4-3-7(5-15)9(13)10(8)14/h3-4,17H,6H2,1-2H3,(H2,16,18). The number of hydrogen-bond donors (Lipinski definition) is 2. The molecule has 0 unspecified atom stereocenters. The molecule has 0 saturated heterocycles. The summed E-state index contributed by atoms with van der Waals surface area (Å²) in [5.41, 5.74) is 3.79. The lowest BCUT2D eigenvalue weighted by atomic mass is 9.92. The minimum absolute atomic E-state index is 0.0601. The van der Waals surface area contributed by atoms with E-state index in [2.05, 4.69) is 5.32 Å². The average Bonchev–Trinajstić information content (AvgIpc) is 2.31. The number of hydrogen-bond acceptors (Lipinski definition) is 3. The van der Waals surface area contributed by atoms with E-state index in [1.54, 1.807) is 13.8 Å². The normalized spacial score (nSPS) is 10.8. The van der Waals surface area contributed by atoms with E-state index in [4.69, 9.17) is 11.0 Å². The molecule has 0 aliphatic heterocycles. The second-order valence-corrected chi connectivity index (χ2v) is 4.50. The number of nitrogens with two attached hydrogens (primary N) is 1. The van der Waals surface area contributed by atoms with Crippen LogP contribution >= 0.6 is 0 Å². The number of carbonyl (C=O) groups excluding carboxylic acids is 1. The average molecular weight is 253 g/mol. The first-order valence-electron chi connectivity index (χ1n) is 5.21. The van der Waals surface area contributed by atoms with Crippen molar-refractivity contribution in [3.05, 3.63) is 29.3 Å². The summed E-state index contributed by atoms with van der Waals surface area (Å²) in [5.74, 6) is -2.90. The Balaban J connectivity index is 2.92. The number of halogens is 2. The maximum absolute atomic E-state index is 13.5. The fourth-order valence-electron chi connectivity index (χ4n) is 1.18. The maximum Gasteiger partial charge on any atom is 0.224 e. The molecule has 1 rings (SSSR count). The van der Waals surface area contributed by atoms with Crippen molar-refractivity contribution in [2.75, 3.05) is 11.9 Å². The molecule has 0 aliphatic rings. The predicted molar refractivity (Wildman–Crippen MR) is 62.5 cm³/mol. The van der Waals surface area contributed by atoms with Gasteiger partial charge in [-0.25, -0.2) is 8.78 Å². The van der Waals surface area contributed by atoms with Gasteiger partial charge >= 0.3 is 0 Å². The van der Waals surface area contributed by atoms with Gasteiger partial charge in [0.05, 0.1) is 16.7 Å². The summed E-state index contributed by atoms with van der Waals surface area (Å²) in [6.07, 6.45) is 0. The number of primary amides is 1. The monoisotopic (exact) mass is 253 g/mol. The van der Waals surface area contributed by atoms with Crippen molar-refractivity contribution >= 4 is 11.6 Å². The van der Waals surface area contributed by atoms with Gasteiger partial charge in [0.1, 0.15) is 6.07 Å². The number of benzene rings is 1. The Morgan fingerprint density at radius 2 is 2.06 bits per heavy atom. The third-order valence-electron chi connectivity index (χ3n) is 2.59. The van der Waals surface area contributed by atoms with Crippen LogP contribution in [0.1, 0.15) is 19.4 Å². The van der Waals surface area contributed by atoms with E-state index in [-0.39, 0.29) is 17.8 Å². The van der Waals surface area contributed by atoms with Crippen LogP contribution < -0.4 is 11.1 Å². The van der Waals surface area contributed by atoms with Crippen molar-refractivity contribution in [1.29, 1.82) is 5.26 Å². The predicted octanol–water partition coefficient (Wildman–Crippen LogP) is 1.76. The van der Waals surface area contributed by atoms with Crippen LogP contribution in [0.15, 0.2) is 12.1 Å². The molecule has 4 nitrogen and oxygen atoms in total. The van der Waals surface area contributed by atoms with Gasteiger partial charge in [0.25, 0.3) is 0 Å². The quantitative estimate of drug-likeness (QED) is 0.858. The molecule has 1 aromatic rings. The second kappa shape index (κ2) is 5.00. The first kappa shape index (κ1) is 13.9. The highest BCUT2D eigenvalue weighted by Gasteiger charge is 2.25. The molecule has 0 bridgehead atoms. The Morgan fingerprint density at radius 3 is 2.56 bits per heavy atom. The van der Waals surface area contributed by atoms with Gasteiger partial charge in [0.2, 0.25) is 5.91 Å². The number of nitrogens with zero attached hydrogens (tertiary/aromatic N) is 1. The smallest absolute Gasteiger partial charge is 0.224 e. The van der Waals surface area contributed by atoms with Crippen LogP contribution in [0, 0.1) is 28.4 Å². The molecule has 0 spiro atoms. The van der Waals surface area contributed by atoms with Crippen molar-refractivity contribution in [3.63, 3.8) is 0 Å². The molecule has 1 aromatic carbocycles. The fraction of sp³-hybridized carbons (Fsp3) is 0.333. The van der Waals surface area contributed by atoms with Crippen molar-refractivity contribution in [1.82, 2.24) is 0 Å². The largest absolute Gasteiger partial charge is 0.382 e. The van der Waals surface area contributed by atoms with E-state index in [9.17, 15) is 13.6 Å². The van der Waals surface area contributed by atoms with Crippen LogP contribution in [0.5, 0.6) is 0 Å². The summed E-state index contributed by atoms with van der Waals surface area (Å²) < 4.78 is 26.8. The van der Waals surface area contributed by atoms with Gasteiger partial charge < -0.3 is 11.1 Å². The summed E-state index contributed by atoms with van der Waals surface area (Å²) in [6.45, 7) is 3.23. The minimum Gasteiger partial charge on any atom is -0.382 e. The number of nitriles is 1. The first-order chi connectivity index (χ1) is 8.29. The lowest BCUT2D eigenvalue weighted by Crippen LogP contribution is -2.37. The van der Waals surface area contributed by atoms with Crippen molar-refractivity contribution in [3.8, 4) is 6.07 Å². The van der Waals surface area contributed by atoms with Gasteiger partial charge in [-0.05, 0) is 26.0 Å². The molecule has 0 aromatic heterocycles. The molecular weight excluding hydrogens is 240 g/mol. The van der Waals surface area contributed by atoms with Crippen LogP contribution in [0.3, 0.4) is 0 Å². The molecule has 96 valence electrons. The summed E-state index contributed by atoms with van der Waals surface area (Å²) in [7, 11) is 0. The highest BCUT2D eigenvalue weighted by Crippen LogP contribution is 2.22. The van der Waals surface area contributed by atoms with E-state index in [0.29, 0.717) is 0 Å². The van der Waals surface area contributed by atoms with E-state index in [0.717, 1.165) is 6.07 Å². The molecular formula is C12H13F2N3O. The zero-order chi connectivity index (χ0) is 13.9. The highest BCUT2D eigenvalue weighted by atomic mass is 19.2. The molecule has 0 radical (unpaired) electrons. The first-order valence-corrected chi connectivity index (χ1v) is 5.21. The van der Waals surface area contributed by atoms with Crippen LogP contribution in [0.4, 0.5) is 14.5 Å². The summed E-state index contributed by atoms with van der Waals surface area (Å²) in [5, 5.41) is 11.1. The van der Waals surface area contributed by atoms with Gasteiger partial charge in [-0.3, -0.25) is 4.79 Å². The number of carbonyl (C=O) groups is 1. The molecule has 0 saturated carbocycles. The lowest BCUT2D eigenvalue weighted by Gasteiger charge is -2.21. The molecule has 0 atom stereocenters. The molecule has 18 heavy (non-hydrogen) atoms. The van der Waals surface area contributed by atoms with Crippen LogP contribution in [0.25, 0.3) is 0 Å². The van der Waals surface area contributed by atoms with E-state index < -0.39 is 23.0 Å². The number of amides is 1. The molecule has 1 amide bonds. The SMILES string of the molecule is CC(C)(CNc1ccc(C#N)c(F)c1F)C(N)=O. The lowest BCUT2D eigenvalue weighted by molar-refractivity contribution is -0.125. The Labute approximate surface area is 103 Å². The zero-order valence-corrected chi connectivity index (χ0v) is 10.1. The fourth-order valence-corrected chi connectivity index (χ4v) is 1.18. The Kier molecular flexibility index (Phi) is 3.86. The Morgan fingerprint density at radius 1 is 1.44 bits per heavy atom. The topological polar surface area (TPSA) is 78.9 Å². The van der Waals surface area contributed by atoms with Gasteiger partial charge in [-0.2, -0.15) is 5.26 Å². The number of nitrogens with one attached hydrogen (secondary N) is 1. The molecule has 3 N–H and O–H groups in total. The summed E-state index contributed by atoms with van der Waals surface area (Å²) >= 11 is 0. The minimum atomic E-state index is -1.21. The second-order valence-electron chi connectivity index (χ2n) is 4.50. The van der Waals surface area contributed by atoms with E-state index in [1.807, 2.05) is 0 Å². The molecule has 0 heterocycles. The van der Waals surface area contributed by atoms with Gasteiger partial charge in [0, 0.05) is 6.54 Å². The van der Waals surface area contributed by atoms with Crippen molar-refractivity contribution in [2.45, 2.75) is 13.8 Å².